The second kappa shape index (κ2) is 6.80. The molecule has 0 saturated heterocycles. The van der Waals surface area contributed by atoms with Crippen LogP contribution in [0.2, 0.25) is 0 Å². The van der Waals surface area contributed by atoms with Gasteiger partial charge < -0.3 is 5.32 Å². The molecule has 1 nitrogen and oxygen atoms in total. The van der Waals surface area contributed by atoms with Crippen LogP contribution in [0.1, 0.15) is 46.5 Å². The van der Waals surface area contributed by atoms with Crippen LogP contribution in [0, 0.1) is 11.8 Å². The van der Waals surface area contributed by atoms with Gasteiger partial charge in [0, 0.05) is 11.3 Å². The van der Waals surface area contributed by atoms with Gasteiger partial charge in [-0.1, -0.05) is 27.2 Å². The molecule has 2 heteroatoms. The van der Waals surface area contributed by atoms with Crippen molar-refractivity contribution in [2.24, 2.45) is 11.8 Å². The predicted molar refractivity (Wildman–Crippen MR) is 71.6 cm³/mol. The molecule has 1 aliphatic carbocycles. The molecule has 4 unspecified atom stereocenters. The van der Waals surface area contributed by atoms with Crippen molar-refractivity contribution in [3.05, 3.63) is 0 Å². The first kappa shape index (κ1) is 13.4. The molecule has 0 aromatic carbocycles. The lowest BCUT2D eigenvalue weighted by Crippen LogP contribution is -2.40. The molecule has 90 valence electrons. The third-order valence-corrected chi connectivity index (χ3v) is 5.43. The maximum Gasteiger partial charge on any atom is 0.0203 e. The minimum Gasteiger partial charge on any atom is -0.316 e. The highest BCUT2D eigenvalue weighted by molar-refractivity contribution is 7.99. The first-order valence-corrected chi connectivity index (χ1v) is 7.51. The van der Waals surface area contributed by atoms with E-state index >= 15 is 0 Å². The average molecular weight is 229 g/mol. The van der Waals surface area contributed by atoms with E-state index < -0.39 is 0 Å². The van der Waals surface area contributed by atoms with Crippen LogP contribution in [0.25, 0.3) is 0 Å². The molecule has 0 aromatic rings. The number of hydrogen-bond acceptors (Lipinski definition) is 2. The van der Waals surface area contributed by atoms with E-state index in [0.717, 1.165) is 23.1 Å². The first-order valence-electron chi connectivity index (χ1n) is 6.46. The van der Waals surface area contributed by atoms with Crippen LogP contribution >= 0.6 is 11.8 Å². The van der Waals surface area contributed by atoms with Crippen LogP contribution in [-0.4, -0.2) is 24.1 Å². The van der Waals surface area contributed by atoms with Gasteiger partial charge in [-0.25, -0.2) is 0 Å². The van der Waals surface area contributed by atoms with Crippen LogP contribution in [-0.2, 0) is 0 Å². The van der Waals surface area contributed by atoms with Gasteiger partial charge in [-0.3, -0.25) is 0 Å². The third kappa shape index (κ3) is 4.36. The number of nitrogens with one attached hydrogen (secondary N) is 1. The van der Waals surface area contributed by atoms with Crippen molar-refractivity contribution >= 4 is 11.8 Å². The number of thioether (sulfide) groups is 1. The Labute approximate surface area is 99.8 Å². The summed E-state index contributed by atoms with van der Waals surface area (Å²) in [4.78, 5) is 0. The minimum absolute atomic E-state index is 0.759. The Morgan fingerprint density at radius 1 is 1.40 bits per heavy atom. The molecule has 15 heavy (non-hydrogen) atoms. The quantitative estimate of drug-likeness (QED) is 0.774. The van der Waals surface area contributed by atoms with E-state index in [4.69, 9.17) is 0 Å². The number of rotatable bonds is 5. The monoisotopic (exact) mass is 229 g/mol. The van der Waals surface area contributed by atoms with E-state index in [2.05, 4.69) is 44.9 Å². The van der Waals surface area contributed by atoms with Gasteiger partial charge in [0.05, 0.1) is 0 Å². The van der Waals surface area contributed by atoms with Crippen LogP contribution in [0.4, 0.5) is 0 Å². The molecule has 0 bridgehead atoms. The summed E-state index contributed by atoms with van der Waals surface area (Å²) in [6.45, 7) is 7.07. The maximum atomic E-state index is 3.50. The van der Waals surface area contributed by atoms with Crippen LogP contribution < -0.4 is 5.32 Å². The molecule has 1 rings (SSSR count). The summed E-state index contributed by atoms with van der Waals surface area (Å²) in [6, 6.07) is 0.759. The van der Waals surface area contributed by atoms with Crippen LogP contribution in [0.3, 0.4) is 0 Å². The zero-order valence-electron chi connectivity index (χ0n) is 10.8. The Morgan fingerprint density at radius 3 is 2.73 bits per heavy atom. The molecule has 1 N–H and O–H groups in total. The Kier molecular flexibility index (Phi) is 6.06. The second-order valence-corrected chi connectivity index (χ2v) is 6.47. The summed E-state index contributed by atoms with van der Waals surface area (Å²) in [5.41, 5.74) is 0. The smallest absolute Gasteiger partial charge is 0.0203 e. The van der Waals surface area contributed by atoms with Crippen molar-refractivity contribution in [2.75, 3.05) is 12.8 Å². The Morgan fingerprint density at radius 2 is 2.13 bits per heavy atom. The Bertz CT molecular complexity index is 172. The van der Waals surface area contributed by atoms with Crippen molar-refractivity contribution in [3.8, 4) is 0 Å². The topological polar surface area (TPSA) is 12.0 Å². The lowest BCUT2D eigenvalue weighted by atomic mass is 9.87. The van der Waals surface area contributed by atoms with Gasteiger partial charge in [-0.2, -0.15) is 11.8 Å². The van der Waals surface area contributed by atoms with E-state index in [0.29, 0.717) is 0 Å². The van der Waals surface area contributed by atoms with E-state index in [9.17, 15) is 0 Å². The summed E-state index contributed by atoms with van der Waals surface area (Å²) >= 11 is 2.20. The zero-order chi connectivity index (χ0) is 11.3. The Hall–Kier alpha value is 0.310. The highest BCUT2D eigenvalue weighted by Crippen LogP contribution is 2.33. The fourth-order valence-corrected chi connectivity index (χ4v) is 4.03. The van der Waals surface area contributed by atoms with E-state index in [1.54, 1.807) is 0 Å². The highest BCUT2D eigenvalue weighted by atomic mass is 32.2. The average Bonchev–Trinajstić information content (AvgIpc) is 2.26. The molecule has 4 atom stereocenters. The summed E-state index contributed by atoms with van der Waals surface area (Å²) < 4.78 is 0. The van der Waals surface area contributed by atoms with E-state index in [1.165, 1.54) is 31.4 Å². The fraction of sp³-hybridized carbons (Fsp3) is 1.00. The Balaban J connectivity index is 2.34. The van der Waals surface area contributed by atoms with Gasteiger partial charge in [0.2, 0.25) is 0 Å². The molecule has 0 heterocycles. The fourth-order valence-electron chi connectivity index (χ4n) is 2.25. The van der Waals surface area contributed by atoms with Crippen molar-refractivity contribution < 1.29 is 0 Å². The SMILES string of the molecule is CCC(C)CSC1CC(C)CCC1NC. The molecule has 0 spiro atoms. The van der Waals surface area contributed by atoms with Gasteiger partial charge in [0.1, 0.15) is 0 Å². The normalized spacial score (nSPS) is 34.0. The summed E-state index contributed by atoms with van der Waals surface area (Å²) in [6.07, 6.45) is 5.51. The molecule has 0 radical (unpaired) electrons. The predicted octanol–water partition coefficient (Wildman–Crippen LogP) is 3.54. The van der Waals surface area contributed by atoms with Crippen LogP contribution in [0.15, 0.2) is 0 Å². The van der Waals surface area contributed by atoms with Gasteiger partial charge >= 0.3 is 0 Å². The summed E-state index contributed by atoms with van der Waals surface area (Å²) in [5.74, 6) is 3.15. The first-order chi connectivity index (χ1) is 7.17. The summed E-state index contributed by atoms with van der Waals surface area (Å²) in [5, 5.41) is 4.35. The lowest BCUT2D eigenvalue weighted by Gasteiger charge is -2.34. The standard InChI is InChI=1S/C13H27NS/c1-5-10(2)9-15-13-8-11(3)6-7-12(13)14-4/h10-14H,5-9H2,1-4H3. The van der Waals surface area contributed by atoms with Crippen molar-refractivity contribution in [1.29, 1.82) is 0 Å². The van der Waals surface area contributed by atoms with E-state index in [1.807, 2.05) is 0 Å². The molecule has 0 amide bonds. The van der Waals surface area contributed by atoms with Crippen LogP contribution in [0.5, 0.6) is 0 Å². The molecule has 1 fully saturated rings. The summed E-state index contributed by atoms with van der Waals surface area (Å²) in [7, 11) is 2.12. The third-order valence-electron chi connectivity index (χ3n) is 3.72. The van der Waals surface area contributed by atoms with Crippen molar-refractivity contribution in [1.82, 2.24) is 5.32 Å². The second-order valence-electron chi connectivity index (χ2n) is 5.20. The minimum atomic E-state index is 0.759. The van der Waals surface area contributed by atoms with Gasteiger partial charge in [0.25, 0.3) is 0 Å². The number of hydrogen-bond donors (Lipinski definition) is 1. The molecule has 0 aliphatic heterocycles. The maximum absolute atomic E-state index is 3.50. The molecule has 1 aliphatic rings. The molecule has 0 aromatic heterocycles. The largest absolute Gasteiger partial charge is 0.316 e. The van der Waals surface area contributed by atoms with Crippen molar-refractivity contribution in [2.45, 2.75) is 57.7 Å². The van der Waals surface area contributed by atoms with Gasteiger partial charge in [-0.05, 0) is 43.9 Å². The van der Waals surface area contributed by atoms with Gasteiger partial charge in [0.15, 0.2) is 0 Å². The van der Waals surface area contributed by atoms with E-state index in [-0.39, 0.29) is 0 Å². The molecular formula is C13H27NS. The highest BCUT2D eigenvalue weighted by Gasteiger charge is 2.27. The lowest BCUT2D eigenvalue weighted by molar-refractivity contribution is 0.328. The molecular weight excluding hydrogens is 202 g/mol. The molecule has 1 saturated carbocycles. The van der Waals surface area contributed by atoms with Crippen molar-refractivity contribution in [3.63, 3.8) is 0 Å². The zero-order valence-corrected chi connectivity index (χ0v) is 11.6. The van der Waals surface area contributed by atoms with Gasteiger partial charge in [-0.15, -0.1) is 0 Å².